The molecule has 0 amide bonds. The molecule has 86 valence electrons. The molecule has 0 bridgehead atoms. The Morgan fingerprint density at radius 1 is 1.13 bits per heavy atom. The molecule has 15 heavy (non-hydrogen) atoms. The predicted octanol–water partition coefficient (Wildman–Crippen LogP) is 5.26. The van der Waals surface area contributed by atoms with Crippen LogP contribution in [0.15, 0.2) is 23.8 Å². The van der Waals surface area contributed by atoms with Gasteiger partial charge in [-0.05, 0) is 36.7 Å². The van der Waals surface area contributed by atoms with E-state index in [9.17, 15) is 0 Å². The van der Waals surface area contributed by atoms with Gasteiger partial charge in [0.25, 0.3) is 0 Å². The average molecular weight is 206 g/mol. The monoisotopic (exact) mass is 206 g/mol. The molecule has 0 heterocycles. The molecule has 0 aliphatic heterocycles. The quantitative estimate of drug-likeness (QED) is 0.556. The maximum absolute atomic E-state index is 2.46. The van der Waals surface area contributed by atoms with E-state index >= 15 is 0 Å². The Bertz CT molecular complexity index is 234. The van der Waals surface area contributed by atoms with Crippen molar-refractivity contribution in [3.05, 3.63) is 23.8 Å². The van der Waals surface area contributed by atoms with Gasteiger partial charge in [-0.2, -0.15) is 0 Å². The first-order valence-corrected chi connectivity index (χ1v) is 6.60. The van der Waals surface area contributed by atoms with Gasteiger partial charge in [-0.25, -0.2) is 0 Å². The first-order valence-electron chi connectivity index (χ1n) is 6.60. The summed E-state index contributed by atoms with van der Waals surface area (Å²) in [6.07, 6.45) is 16.3. The third-order valence-corrected chi connectivity index (χ3v) is 3.58. The molecule has 0 spiro atoms. The Balaban J connectivity index is 2.70. The molecule has 1 unspecified atom stereocenters. The Kier molecular flexibility index (Phi) is 5.14. The zero-order valence-electron chi connectivity index (χ0n) is 10.7. The second-order valence-electron chi connectivity index (χ2n) is 5.05. The molecule has 0 aromatic carbocycles. The van der Waals surface area contributed by atoms with E-state index in [1.54, 1.807) is 5.57 Å². The summed E-state index contributed by atoms with van der Waals surface area (Å²) in [5, 5.41) is 0. The van der Waals surface area contributed by atoms with Crippen LogP contribution < -0.4 is 0 Å². The lowest BCUT2D eigenvalue weighted by atomic mass is 9.73. The van der Waals surface area contributed by atoms with Crippen molar-refractivity contribution in [1.82, 2.24) is 0 Å². The number of unbranched alkanes of at least 4 members (excludes halogenated alkanes) is 1. The lowest BCUT2D eigenvalue weighted by Crippen LogP contribution is -2.19. The smallest absolute Gasteiger partial charge is 0.00786 e. The van der Waals surface area contributed by atoms with Crippen LogP contribution in [0.1, 0.15) is 65.7 Å². The molecule has 0 aromatic heterocycles. The predicted molar refractivity (Wildman–Crippen MR) is 69.0 cm³/mol. The van der Waals surface area contributed by atoms with Crippen molar-refractivity contribution >= 4 is 0 Å². The van der Waals surface area contributed by atoms with Crippen LogP contribution in [0.5, 0.6) is 0 Å². The molecular weight excluding hydrogens is 180 g/mol. The van der Waals surface area contributed by atoms with Gasteiger partial charge < -0.3 is 0 Å². The molecule has 0 heteroatoms. The van der Waals surface area contributed by atoms with E-state index in [1.807, 2.05) is 0 Å². The molecule has 0 saturated heterocycles. The normalized spacial score (nSPS) is 19.8. The number of allylic oxidation sites excluding steroid dienone is 4. The average Bonchev–Trinajstić information content (AvgIpc) is 2.28. The zero-order chi connectivity index (χ0) is 11.1. The van der Waals surface area contributed by atoms with Gasteiger partial charge >= 0.3 is 0 Å². The highest BCUT2D eigenvalue weighted by molar-refractivity contribution is 5.28. The number of hydrogen-bond acceptors (Lipinski definition) is 0. The summed E-state index contributed by atoms with van der Waals surface area (Å²) in [7, 11) is 0. The summed E-state index contributed by atoms with van der Waals surface area (Å²) in [6, 6.07) is 0. The van der Waals surface area contributed by atoms with Crippen LogP contribution in [0.2, 0.25) is 0 Å². The summed E-state index contributed by atoms with van der Waals surface area (Å²) in [5.74, 6) is 0. The van der Waals surface area contributed by atoms with Crippen LogP contribution in [-0.4, -0.2) is 0 Å². The Labute approximate surface area is 95.5 Å². The van der Waals surface area contributed by atoms with Crippen molar-refractivity contribution in [1.29, 1.82) is 0 Å². The topological polar surface area (TPSA) is 0 Å². The largest absolute Gasteiger partial charge is 0.0839 e. The first-order chi connectivity index (χ1) is 7.23. The summed E-state index contributed by atoms with van der Waals surface area (Å²) in [5.41, 5.74) is 2.05. The summed E-state index contributed by atoms with van der Waals surface area (Å²) in [4.78, 5) is 0. The van der Waals surface area contributed by atoms with Gasteiger partial charge in [0.05, 0.1) is 0 Å². The van der Waals surface area contributed by atoms with Crippen LogP contribution in [0, 0.1) is 5.41 Å². The summed E-state index contributed by atoms with van der Waals surface area (Å²) in [6.45, 7) is 7.04. The minimum absolute atomic E-state index is 0.446. The van der Waals surface area contributed by atoms with Crippen LogP contribution >= 0.6 is 0 Å². The highest BCUT2D eigenvalue weighted by Gasteiger charge is 2.26. The van der Waals surface area contributed by atoms with E-state index in [-0.39, 0.29) is 0 Å². The first kappa shape index (κ1) is 12.5. The van der Waals surface area contributed by atoms with Crippen molar-refractivity contribution in [3.8, 4) is 0 Å². The van der Waals surface area contributed by atoms with Crippen molar-refractivity contribution in [2.24, 2.45) is 5.41 Å². The molecule has 0 aromatic rings. The van der Waals surface area contributed by atoms with Crippen molar-refractivity contribution in [3.63, 3.8) is 0 Å². The second-order valence-corrected chi connectivity index (χ2v) is 5.05. The van der Waals surface area contributed by atoms with Gasteiger partial charge in [0.15, 0.2) is 0 Å². The Morgan fingerprint density at radius 3 is 2.47 bits per heavy atom. The van der Waals surface area contributed by atoms with Crippen molar-refractivity contribution in [2.75, 3.05) is 0 Å². The Morgan fingerprint density at radius 2 is 1.93 bits per heavy atom. The Hall–Kier alpha value is -0.520. The molecule has 0 radical (unpaired) electrons. The van der Waals surface area contributed by atoms with Crippen molar-refractivity contribution in [2.45, 2.75) is 65.7 Å². The SMILES string of the molecule is CCCCC(C)(CCC)C1=CCCC=C1. The molecule has 1 aliphatic rings. The van der Waals surface area contributed by atoms with E-state index in [0.717, 1.165) is 0 Å². The van der Waals surface area contributed by atoms with Crippen LogP contribution in [0.4, 0.5) is 0 Å². The fourth-order valence-electron chi connectivity index (χ4n) is 2.59. The van der Waals surface area contributed by atoms with Crippen molar-refractivity contribution < 1.29 is 0 Å². The van der Waals surface area contributed by atoms with Crippen LogP contribution in [-0.2, 0) is 0 Å². The van der Waals surface area contributed by atoms with Gasteiger partial charge in [-0.15, -0.1) is 0 Å². The van der Waals surface area contributed by atoms with Gasteiger partial charge in [-0.3, -0.25) is 0 Å². The summed E-state index contributed by atoms with van der Waals surface area (Å²) >= 11 is 0. The van der Waals surface area contributed by atoms with E-state index in [4.69, 9.17) is 0 Å². The lowest BCUT2D eigenvalue weighted by molar-refractivity contribution is 0.326. The molecule has 1 aliphatic carbocycles. The van der Waals surface area contributed by atoms with Crippen LogP contribution in [0.25, 0.3) is 0 Å². The molecule has 0 nitrogen and oxygen atoms in total. The third kappa shape index (κ3) is 3.52. The summed E-state index contributed by atoms with van der Waals surface area (Å²) < 4.78 is 0. The van der Waals surface area contributed by atoms with Gasteiger partial charge in [0.2, 0.25) is 0 Å². The van der Waals surface area contributed by atoms with Gasteiger partial charge in [0.1, 0.15) is 0 Å². The highest BCUT2D eigenvalue weighted by Crippen LogP contribution is 2.39. The standard InChI is InChI=1S/C15H26/c1-4-6-13-15(3,12-5-2)14-10-8-7-9-11-14/h8,10-11H,4-7,9,12-13H2,1-3H3. The number of rotatable bonds is 6. The van der Waals surface area contributed by atoms with Gasteiger partial charge in [-0.1, -0.05) is 58.3 Å². The molecule has 1 rings (SSSR count). The third-order valence-electron chi connectivity index (χ3n) is 3.58. The minimum Gasteiger partial charge on any atom is -0.0839 e. The molecular formula is C15H26. The molecule has 1 atom stereocenters. The lowest BCUT2D eigenvalue weighted by Gasteiger charge is -2.32. The highest BCUT2D eigenvalue weighted by atomic mass is 14.3. The maximum atomic E-state index is 2.46. The molecule has 0 saturated carbocycles. The number of hydrogen-bond donors (Lipinski definition) is 0. The fourth-order valence-corrected chi connectivity index (χ4v) is 2.59. The second kappa shape index (κ2) is 6.15. The van der Waals surface area contributed by atoms with E-state index in [1.165, 1.54) is 44.9 Å². The molecule has 0 fully saturated rings. The fraction of sp³-hybridized carbons (Fsp3) is 0.733. The van der Waals surface area contributed by atoms with Crippen LogP contribution in [0.3, 0.4) is 0 Å². The van der Waals surface area contributed by atoms with Gasteiger partial charge in [0, 0.05) is 0 Å². The zero-order valence-corrected chi connectivity index (χ0v) is 10.7. The van der Waals surface area contributed by atoms with E-state index in [2.05, 4.69) is 39.0 Å². The molecule has 0 N–H and O–H groups in total. The van der Waals surface area contributed by atoms with E-state index in [0.29, 0.717) is 5.41 Å². The maximum Gasteiger partial charge on any atom is -0.00786 e. The van der Waals surface area contributed by atoms with E-state index < -0.39 is 0 Å². The minimum atomic E-state index is 0.446.